The SMILES string of the molecule is Cc1cc([N+](=O)[O-])ccc1S(=O)(=O)N(C)C(C)CN.Cl. The van der Waals surface area contributed by atoms with E-state index in [1.54, 1.807) is 6.92 Å². The molecule has 20 heavy (non-hydrogen) atoms. The van der Waals surface area contributed by atoms with Crippen LogP contribution in [0.1, 0.15) is 12.5 Å². The summed E-state index contributed by atoms with van der Waals surface area (Å²) in [7, 11) is -2.25. The van der Waals surface area contributed by atoms with E-state index in [1.807, 2.05) is 0 Å². The Morgan fingerprint density at radius 2 is 2.00 bits per heavy atom. The number of nitro benzene ring substituents is 1. The molecule has 1 aromatic carbocycles. The minimum absolute atomic E-state index is 0. The Morgan fingerprint density at radius 1 is 1.45 bits per heavy atom. The van der Waals surface area contributed by atoms with E-state index in [0.29, 0.717) is 5.56 Å². The fraction of sp³-hybridized carbons (Fsp3) is 0.455. The Morgan fingerprint density at radius 3 is 2.40 bits per heavy atom. The normalized spacial score (nSPS) is 12.8. The number of nitro groups is 1. The van der Waals surface area contributed by atoms with Crippen molar-refractivity contribution in [1.29, 1.82) is 0 Å². The summed E-state index contributed by atoms with van der Waals surface area (Å²) in [6, 6.07) is 3.33. The van der Waals surface area contributed by atoms with E-state index in [0.717, 1.165) is 0 Å². The molecule has 0 aromatic heterocycles. The molecule has 1 aromatic rings. The summed E-state index contributed by atoms with van der Waals surface area (Å²) in [5.41, 5.74) is 5.66. The van der Waals surface area contributed by atoms with Gasteiger partial charge in [0.25, 0.3) is 5.69 Å². The van der Waals surface area contributed by atoms with Crippen LogP contribution in [0.25, 0.3) is 0 Å². The zero-order valence-electron chi connectivity index (χ0n) is 11.4. The molecule has 7 nitrogen and oxygen atoms in total. The Labute approximate surface area is 124 Å². The Bertz CT molecular complexity index is 591. The molecule has 0 aliphatic carbocycles. The summed E-state index contributed by atoms with van der Waals surface area (Å²) in [6.45, 7) is 3.42. The van der Waals surface area contributed by atoms with Crippen molar-refractivity contribution in [3.05, 3.63) is 33.9 Å². The van der Waals surface area contributed by atoms with Gasteiger partial charge in [0.15, 0.2) is 0 Å². The van der Waals surface area contributed by atoms with E-state index in [-0.39, 0.29) is 35.6 Å². The second-order valence-electron chi connectivity index (χ2n) is 4.31. The highest BCUT2D eigenvalue weighted by Gasteiger charge is 2.27. The van der Waals surface area contributed by atoms with Crippen LogP contribution in [0.2, 0.25) is 0 Å². The van der Waals surface area contributed by atoms with Gasteiger partial charge in [-0.2, -0.15) is 4.31 Å². The monoisotopic (exact) mass is 323 g/mol. The third-order valence-electron chi connectivity index (χ3n) is 2.99. The van der Waals surface area contributed by atoms with Gasteiger partial charge in [-0.25, -0.2) is 8.42 Å². The zero-order valence-corrected chi connectivity index (χ0v) is 13.1. The first-order valence-corrected chi connectivity index (χ1v) is 7.09. The first kappa shape index (κ1) is 18.8. The number of nitrogens with zero attached hydrogens (tertiary/aromatic N) is 2. The number of hydrogen-bond donors (Lipinski definition) is 1. The van der Waals surface area contributed by atoms with Gasteiger partial charge in [0.1, 0.15) is 0 Å². The maximum Gasteiger partial charge on any atom is 0.269 e. The maximum atomic E-state index is 12.3. The van der Waals surface area contributed by atoms with Gasteiger partial charge in [-0.15, -0.1) is 12.4 Å². The summed E-state index contributed by atoms with van der Waals surface area (Å²) in [6.07, 6.45) is 0. The van der Waals surface area contributed by atoms with Gasteiger partial charge in [-0.05, 0) is 25.5 Å². The van der Waals surface area contributed by atoms with E-state index < -0.39 is 14.9 Å². The second-order valence-corrected chi connectivity index (χ2v) is 6.28. The van der Waals surface area contributed by atoms with Crippen LogP contribution in [0.15, 0.2) is 23.1 Å². The molecule has 0 aliphatic heterocycles. The number of benzene rings is 1. The minimum atomic E-state index is -3.69. The largest absolute Gasteiger partial charge is 0.329 e. The van der Waals surface area contributed by atoms with Crippen molar-refractivity contribution in [1.82, 2.24) is 4.31 Å². The zero-order chi connectivity index (χ0) is 14.8. The first-order chi connectivity index (χ1) is 8.71. The van der Waals surface area contributed by atoms with Crippen LogP contribution in [0.3, 0.4) is 0 Å². The molecule has 0 radical (unpaired) electrons. The molecule has 0 heterocycles. The molecule has 0 saturated carbocycles. The van der Waals surface area contributed by atoms with Gasteiger partial charge >= 0.3 is 0 Å². The van der Waals surface area contributed by atoms with Crippen molar-refractivity contribution in [2.24, 2.45) is 5.73 Å². The number of non-ortho nitro benzene ring substituents is 1. The molecule has 0 amide bonds. The summed E-state index contributed by atoms with van der Waals surface area (Å²) >= 11 is 0. The lowest BCUT2D eigenvalue weighted by Gasteiger charge is -2.23. The lowest BCUT2D eigenvalue weighted by molar-refractivity contribution is -0.385. The van der Waals surface area contributed by atoms with Gasteiger partial charge in [-0.1, -0.05) is 0 Å². The smallest absolute Gasteiger partial charge is 0.269 e. The van der Waals surface area contributed by atoms with Crippen LogP contribution < -0.4 is 5.73 Å². The molecular weight excluding hydrogens is 306 g/mol. The topological polar surface area (TPSA) is 107 Å². The predicted molar refractivity (Wildman–Crippen MR) is 78.5 cm³/mol. The van der Waals surface area contributed by atoms with Crippen molar-refractivity contribution in [3.8, 4) is 0 Å². The van der Waals surface area contributed by atoms with Crippen molar-refractivity contribution in [3.63, 3.8) is 0 Å². The second kappa shape index (κ2) is 6.98. The molecule has 1 rings (SSSR count). The molecule has 114 valence electrons. The molecule has 0 fully saturated rings. The molecule has 2 N–H and O–H groups in total. The maximum absolute atomic E-state index is 12.3. The standard InChI is InChI=1S/C11H17N3O4S.ClH/c1-8-6-10(14(15)16)4-5-11(8)19(17,18)13(3)9(2)7-12;/h4-6,9H,7,12H2,1-3H3;1H. The Balaban J connectivity index is 0.00000361. The lowest BCUT2D eigenvalue weighted by atomic mass is 10.2. The van der Waals surface area contributed by atoms with Crippen LogP contribution in [0, 0.1) is 17.0 Å². The molecule has 0 aliphatic rings. The average Bonchev–Trinajstić information content (AvgIpc) is 2.36. The number of rotatable bonds is 5. The fourth-order valence-electron chi connectivity index (χ4n) is 1.58. The van der Waals surface area contributed by atoms with Crippen molar-refractivity contribution < 1.29 is 13.3 Å². The summed E-state index contributed by atoms with van der Waals surface area (Å²) in [5.74, 6) is 0. The first-order valence-electron chi connectivity index (χ1n) is 5.65. The van der Waals surface area contributed by atoms with Gasteiger partial charge in [-0.3, -0.25) is 10.1 Å². The molecule has 0 bridgehead atoms. The number of likely N-dealkylation sites (N-methyl/N-ethyl adjacent to an activating group) is 1. The molecule has 1 unspecified atom stereocenters. The minimum Gasteiger partial charge on any atom is -0.329 e. The number of nitrogens with two attached hydrogens (primary N) is 1. The quantitative estimate of drug-likeness (QED) is 0.649. The highest BCUT2D eigenvalue weighted by molar-refractivity contribution is 7.89. The highest BCUT2D eigenvalue weighted by atomic mass is 35.5. The van der Waals surface area contributed by atoms with Crippen LogP contribution in [-0.2, 0) is 10.0 Å². The van der Waals surface area contributed by atoms with Crippen LogP contribution in [-0.4, -0.2) is 37.3 Å². The van der Waals surface area contributed by atoms with Gasteiger partial charge < -0.3 is 5.73 Å². The van der Waals surface area contributed by atoms with Gasteiger partial charge in [0.05, 0.1) is 9.82 Å². The lowest BCUT2D eigenvalue weighted by Crippen LogP contribution is -2.39. The molecule has 0 spiro atoms. The molecular formula is C11H18ClN3O4S. The third-order valence-corrected chi connectivity index (χ3v) is 5.12. The Kier molecular flexibility index (Phi) is 6.55. The van der Waals surface area contributed by atoms with Gasteiger partial charge in [0.2, 0.25) is 10.0 Å². The van der Waals surface area contributed by atoms with Gasteiger partial charge in [0, 0.05) is 31.8 Å². The van der Waals surface area contributed by atoms with E-state index in [9.17, 15) is 18.5 Å². The van der Waals surface area contributed by atoms with Crippen LogP contribution in [0.4, 0.5) is 5.69 Å². The summed E-state index contributed by atoms with van der Waals surface area (Å²) < 4.78 is 25.8. The number of hydrogen-bond acceptors (Lipinski definition) is 5. The number of halogens is 1. The molecule has 1 atom stereocenters. The van der Waals surface area contributed by atoms with E-state index in [1.165, 1.54) is 36.5 Å². The third kappa shape index (κ3) is 3.66. The van der Waals surface area contributed by atoms with Crippen molar-refractivity contribution >= 4 is 28.1 Å². The van der Waals surface area contributed by atoms with Crippen molar-refractivity contribution in [2.75, 3.05) is 13.6 Å². The molecule has 9 heteroatoms. The van der Waals surface area contributed by atoms with E-state index in [4.69, 9.17) is 5.73 Å². The summed E-state index contributed by atoms with van der Waals surface area (Å²) in [5, 5.41) is 10.6. The number of aryl methyl sites for hydroxylation is 1. The van der Waals surface area contributed by atoms with Crippen LogP contribution in [0.5, 0.6) is 0 Å². The van der Waals surface area contributed by atoms with Crippen molar-refractivity contribution in [2.45, 2.75) is 24.8 Å². The highest BCUT2D eigenvalue weighted by Crippen LogP contribution is 2.24. The molecule has 0 saturated heterocycles. The average molecular weight is 324 g/mol. The predicted octanol–water partition coefficient (Wildman–Crippen LogP) is 1.29. The van der Waals surface area contributed by atoms with Crippen LogP contribution >= 0.6 is 12.4 Å². The fourth-order valence-corrected chi connectivity index (χ4v) is 3.15. The van der Waals surface area contributed by atoms with E-state index in [2.05, 4.69) is 0 Å². The van der Waals surface area contributed by atoms with E-state index >= 15 is 0 Å². The Hall–Kier alpha value is -1.22. The summed E-state index contributed by atoms with van der Waals surface area (Å²) in [4.78, 5) is 10.1. The number of sulfonamides is 1.